The normalized spacial score (nSPS) is 10.6. The van der Waals surface area contributed by atoms with E-state index < -0.39 is 0 Å². The number of amides is 1. The zero-order chi connectivity index (χ0) is 20.1. The van der Waals surface area contributed by atoms with Crippen LogP contribution in [0.2, 0.25) is 0 Å². The van der Waals surface area contributed by atoms with Gasteiger partial charge in [-0.25, -0.2) is 9.67 Å². The molecule has 0 aliphatic rings. The van der Waals surface area contributed by atoms with E-state index >= 15 is 0 Å². The molecule has 0 aliphatic heterocycles. The van der Waals surface area contributed by atoms with Crippen LogP contribution in [0.5, 0.6) is 11.5 Å². The Labute approximate surface area is 164 Å². The number of ether oxygens (including phenoxy) is 2. The topological polar surface area (TPSA) is 78.3 Å². The lowest BCUT2D eigenvalue weighted by molar-refractivity contribution is 0.0951. The van der Waals surface area contributed by atoms with Crippen molar-refractivity contribution in [2.24, 2.45) is 0 Å². The molecule has 0 atom stereocenters. The van der Waals surface area contributed by atoms with Crippen LogP contribution in [0.25, 0.3) is 5.82 Å². The maximum absolute atomic E-state index is 12.5. The molecule has 1 amide bonds. The molecule has 2 aromatic heterocycles. The molecule has 0 fully saturated rings. The molecule has 0 saturated carbocycles. The van der Waals surface area contributed by atoms with E-state index in [2.05, 4.69) is 15.4 Å². The van der Waals surface area contributed by atoms with Crippen LogP contribution in [0, 0.1) is 13.8 Å². The first-order valence-electron chi connectivity index (χ1n) is 9.02. The van der Waals surface area contributed by atoms with E-state index in [1.807, 2.05) is 36.7 Å². The molecule has 2 heterocycles. The Morgan fingerprint density at radius 3 is 2.64 bits per heavy atom. The van der Waals surface area contributed by atoms with E-state index in [1.165, 1.54) is 7.11 Å². The first kappa shape index (κ1) is 19.4. The molecule has 0 radical (unpaired) electrons. The van der Waals surface area contributed by atoms with Gasteiger partial charge < -0.3 is 14.8 Å². The highest BCUT2D eigenvalue weighted by molar-refractivity contribution is 5.97. The summed E-state index contributed by atoms with van der Waals surface area (Å²) in [5.41, 5.74) is 3.53. The lowest BCUT2D eigenvalue weighted by Gasteiger charge is -2.11. The summed E-state index contributed by atoms with van der Waals surface area (Å²) in [7, 11) is 3.11. The molecule has 28 heavy (non-hydrogen) atoms. The Morgan fingerprint density at radius 1 is 1.14 bits per heavy atom. The third kappa shape index (κ3) is 3.98. The zero-order valence-electron chi connectivity index (χ0n) is 16.5. The molecule has 0 bridgehead atoms. The minimum absolute atomic E-state index is 0.188. The van der Waals surface area contributed by atoms with E-state index in [4.69, 9.17) is 9.47 Å². The smallest absolute Gasteiger partial charge is 0.255 e. The summed E-state index contributed by atoms with van der Waals surface area (Å²) in [6.07, 6.45) is 2.42. The summed E-state index contributed by atoms with van der Waals surface area (Å²) in [5.74, 6) is 1.71. The van der Waals surface area contributed by atoms with Crippen molar-refractivity contribution in [1.29, 1.82) is 0 Å². The Bertz CT molecular complexity index is 967. The zero-order valence-corrected chi connectivity index (χ0v) is 16.5. The Kier molecular flexibility index (Phi) is 5.93. The second kappa shape index (κ2) is 8.56. The van der Waals surface area contributed by atoms with Crippen LogP contribution in [0.1, 0.15) is 27.3 Å². The van der Waals surface area contributed by atoms with Gasteiger partial charge in [-0.05, 0) is 50.1 Å². The quantitative estimate of drug-likeness (QED) is 0.682. The monoisotopic (exact) mass is 380 g/mol. The van der Waals surface area contributed by atoms with Gasteiger partial charge in [0, 0.05) is 24.5 Å². The van der Waals surface area contributed by atoms with Crippen molar-refractivity contribution in [3.8, 4) is 17.3 Å². The van der Waals surface area contributed by atoms with Gasteiger partial charge in [-0.3, -0.25) is 4.79 Å². The second-order valence-electron chi connectivity index (χ2n) is 6.32. The lowest BCUT2D eigenvalue weighted by Crippen LogP contribution is -2.26. The van der Waals surface area contributed by atoms with Crippen molar-refractivity contribution in [2.45, 2.75) is 20.3 Å². The SMILES string of the molecule is COc1ccc(C(=O)NCCc2c(C)nn(-c3ccccn3)c2C)c(OC)c1. The number of methoxy groups -OCH3 is 2. The highest BCUT2D eigenvalue weighted by Crippen LogP contribution is 2.24. The number of hydrogen-bond acceptors (Lipinski definition) is 5. The molecule has 3 aromatic rings. The van der Waals surface area contributed by atoms with Crippen molar-refractivity contribution in [3.63, 3.8) is 0 Å². The average Bonchev–Trinajstić information content (AvgIpc) is 3.02. The fraction of sp³-hybridized carbons (Fsp3) is 0.286. The highest BCUT2D eigenvalue weighted by atomic mass is 16.5. The van der Waals surface area contributed by atoms with E-state index in [-0.39, 0.29) is 5.91 Å². The van der Waals surface area contributed by atoms with Gasteiger partial charge in [-0.2, -0.15) is 5.10 Å². The minimum atomic E-state index is -0.188. The number of hydrogen-bond donors (Lipinski definition) is 1. The fourth-order valence-corrected chi connectivity index (χ4v) is 3.12. The Morgan fingerprint density at radius 2 is 1.96 bits per heavy atom. The fourth-order valence-electron chi connectivity index (χ4n) is 3.12. The van der Waals surface area contributed by atoms with Crippen LogP contribution in [-0.2, 0) is 6.42 Å². The van der Waals surface area contributed by atoms with Crippen LogP contribution in [0.15, 0.2) is 42.6 Å². The first-order valence-corrected chi connectivity index (χ1v) is 9.02. The lowest BCUT2D eigenvalue weighted by atomic mass is 10.1. The number of rotatable bonds is 7. The van der Waals surface area contributed by atoms with Gasteiger partial charge in [0.15, 0.2) is 5.82 Å². The molecule has 7 nitrogen and oxygen atoms in total. The molecule has 146 valence electrons. The molecule has 0 unspecified atom stereocenters. The maximum atomic E-state index is 12.5. The van der Waals surface area contributed by atoms with Crippen LogP contribution in [0.3, 0.4) is 0 Å². The minimum Gasteiger partial charge on any atom is -0.497 e. The first-order chi connectivity index (χ1) is 13.5. The van der Waals surface area contributed by atoms with Crippen LogP contribution in [-0.4, -0.2) is 41.4 Å². The molecule has 1 N–H and O–H groups in total. The summed E-state index contributed by atoms with van der Waals surface area (Å²) in [6.45, 7) is 4.47. The van der Waals surface area contributed by atoms with Crippen molar-refractivity contribution < 1.29 is 14.3 Å². The summed E-state index contributed by atoms with van der Waals surface area (Å²) < 4.78 is 12.3. The van der Waals surface area contributed by atoms with Gasteiger partial charge in [0.05, 0.1) is 25.5 Å². The summed E-state index contributed by atoms with van der Waals surface area (Å²) in [4.78, 5) is 16.9. The molecule has 0 saturated heterocycles. The molecule has 1 aromatic carbocycles. The van der Waals surface area contributed by atoms with E-state index in [9.17, 15) is 4.79 Å². The summed E-state index contributed by atoms with van der Waals surface area (Å²) in [5, 5.41) is 7.54. The third-order valence-corrected chi connectivity index (χ3v) is 4.62. The van der Waals surface area contributed by atoms with Gasteiger partial charge in [-0.1, -0.05) is 6.07 Å². The molecule has 3 rings (SSSR count). The van der Waals surface area contributed by atoms with Gasteiger partial charge in [0.1, 0.15) is 11.5 Å². The largest absolute Gasteiger partial charge is 0.497 e. The van der Waals surface area contributed by atoms with E-state index in [0.29, 0.717) is 30.0 Å². The average molecular weight is 380 g/mol. The molecule has 7 heteroatoms. The number of carbonyl (C=O) groups is 1. The van der Waals surface area contributed by atoms with E-state index in [1.54, 1.807) is 31.5 Å². The van der Waals surface area contributed by atoms with Crippen LogP contribution >= 0.6 is 0 Å². The van der Waals surface area contributed by atoms with Crippen molar-refractivity contribution in [1.82, 2.24) is 20.1 Å². The molecule has 0 spiro atoms. The van der Waals surface area contributed by atoms with Gasteiger partial charge in [0.2, 0.25) is 0 Å². The second-order valence-corrected chi connectivity index (χ2v) is 6.32. The third-order valence-electron chi connectivity index (χ3n) is 4.62. The molecular weight excluding hydrogens is 356 g/mol. The van der Waals surface area contributed by atoms with Crippen LogP contribution < -0.4 is 14.8 Å². The Balaban J connectivity index is 1.69. The number of nitrogens with zero attached hydrogens (tertiary/aromatic N) is 3. The van der Waals surface area contributed by atoms with Gasteiger partial charge in [0.25, 0.3) is 5.91 Å². The van der Waals surface area contributed by atoms with Gasteiger partial charge >= 0.3 is 0 Å². The number of carbonyl (C=O) groups excluding carboxylic acids is 1. The number of aryl methyl sites for hydroxylation is 1. The number of benzene rings is 1. The predicted molar refractivity (Wildman–Crippen MR) is 106 cm³/mol. The van der Waals surface area contributed by atoms with Crippen molar-refractivity contribution in [3.05, 3.63) is 65.1 Å². The maximum Gasteiger partial charge on any atom is 0.255 e. The summed E-state index contributed by atoms with van der Waals surface area (Å²) in [6, 6.07) is 10.9. The van der Waals surface area contributed by atoms with Gasteiger partial charge in [-0.15, -0.1) is 0 Å². The highest BCUT2D eigenvalue weighted by Gasteiger charge is 2.16. The predicted octanol–water partition coefficient (Wildman–Crippen LogP) is 2.87. The summed E-state index contributed by atoms with van der Waals surface area (Å²) >= 11 is 0. The number of nitrogens with one attached hydrogen (secondary N) is 1. The number of pyridine rings is 1. The Hall–Kier alpha value is -3.35. The van der Waals surface area contributed by atoms with Crippen molar-refractivity contribution in [2.75, 3.05) is 20.8 Å². The molecular formula is C21H24N4O3. The van der Waals surface area contributed by atoms with Crippen molar-refractivity contribution >= 4 is 5.91 Å². The standard InChI is InChI=1S/C21H24N4O3/c1-14-17(15(2)25(24-14)20-7-5-6-11-22-20)10-12-23-21(26)18-9-8-16(27-3)13-19(18)28-4/h5-9,11,13H,10,12H2,1-4H3,(H,23,26). The van der Waals surface area contributed by atoms with E-state index in [0.717, 1.165) is 22.8 Å². The number of aromatic nitrogens is 3. The molecule has 0 aliphatic carbocycles. The van der Waals surface area contributed by atoms with Crippen LogP contribution in [0.4, 0.5) is 0 Å².